The summed E-state index contributed by atoms with van der Waals surface area (Å²) >= 11 is 0. The van der Waals surface area contributed by atoms with Gasteiger partial charge in [-0.3, -0.25) is 0 Å². The third-order valence-corrected chi connectivity index (χ3v) is 4.14. The van der Waals surface area contributed by atoms with E-state index in [9.17, 15) is 0 Å². The molecular formula is C14H20N2O. The average molecular weight is 232 g/mol. The number of hydrogen-bond acceptors (Lipinski definition) is 3. The number of fused-ring (bicyclic) bond motifs is 2. The molecule has 1 aromatic carbocycles. The van der Waals surface area contributed by atoms with Crippen molar-refractivity contribution in [2.75, 3.05) is 24.4 Å². The van der Waals surface area contributed by atoms with Crippen LogP contribution in [-0.4, -0.2) is 26.2 Å². The first-order valence-electron chi connectivity index (χ1n) is 6.47. The molecular weight excluding hydrogens is 212 g/mol. The monoisotopic (exact) mass is 232 g/mol. The summed E-state index contributed by atoms with van der Waals surface area (Å²) in [6.45, 7) is 0. The molecule has 0 amide bonds. The molecule has 0 aromatic heterocycles. The third-order valence-electron chi connectivity index (χ3n) is 4.14. The van der Waals surface area contributed by atoms with Crippen LogP contribution in [0.15, 0.2) is 18.2 Å². The van der Waals surface area contributed by atoms with Crippen molar-refractivity contribution < 1.29 is 4.74 Å². The second kappa shape index (κ2) is 4.13. The van der Waals surface area contributed by atoms with Crippen molar-refractivity contribution in [2.45, 2.75) is 37.8 Å². The van der Waals surface area contributed by atoms with Crippen LogP contribution < -0.4 is 15.0 Å². The lowest BCUT2D eigenvalue weighted by atomic mass is 9.87. The molecule has 1 N–H and O–H groups in total. The summed E-state index contributed by atoms with van der Waals surface area (Å²) in [7, 11) is 3.95. The van der Waals surface area contributed by atoms with Crippen molar-refractivity contribution in [1.82, 2.24) is 0 Å². The maximum absolute atomic E-state index is 5.48. The van der Waals surface area contributed by atoms with Crippen molar-refractivity contribution in [3.05, 3.63) is 18.2 Å². The van der Waals surface area contributed by atoms with Gasteiger partial charge in [-0.05, 0) is 25.0 Å². The lowest BCUT2D eigenvalue weighted by molar-refractivity contribution is 0.374. The van der Waals surface area contributed by atoms with Gasteiger partial charge < -0.3 is 15.0 Å². The number of benzene rings is 1. The first kappa shape index (κ1) is 10.8. The molecule has 92 valence electrons. The summed E-state index contributed by atoms with van der Waals surface area (Å²) in [6, 6.07) is 7.47. The first-order chi connectivity index (χ1) is 8.31. The maximum atomic E-state index is 5.48. The van der Waals surface area contributed by atoms with E-state index in [2.05, 4.69) is 29.4 Å². The highest BCUT2D eigenvalue weighted by molar-refractivity contribution is 5.79. The van der Waals surface area contributed by atoms with Crippen LogP contribution in [0.5, 0.6) is 5.75 Å². The Bertz CT molecular complexity index is 419. The minimum Gasteiger partial charge on any atom is -0.495 e. The van der Waals surface area contributed by atoms with Gasteiger partial charge in [-0.25, -0.2) is 0 Å². The highest BCUT2D eigenvalue weighted by Crippen LogP contribution is 2.43. The van der Waals surface area contributed by atoms with E-state index in [0.29, 0.717) is 12.1 Å². The second-order valence-electron chi connectivity index (χ2n) is 5.07. The lowest BCUT2D eigenvalue weighted by Gasteiger charge is -2.45. The molecule has 1 heterocycles. The Labute approximate surface area is 103 Å². The average Bonchev–Trinajstić information content (AvgIpc) is 2.38. The van der Waals surface area contributed by atoms with Crippen molar-refractivity contribution >= 4 is 11.4 Å². The molecule has 2 unspecified atom stereocenters. The summed E-state index contributed by atoms with van der Waals surface area (Å²) in [5.41, 5.74) is 2.44. The van der Waals surface area contributed by atoms with Gasteiger partial charge in [-0.1, -0.05) is 18.9 Å². The van der Waals surface area contributed by atoms with E-state index in [1.165, 1.54) is 37.1 Å². The van der Waals surface area contributed by atoms with E-state index < -0.39 is 0 Å². The minimum atomic E-state index is 0.605. The second-order valence-corrected chi connectivity index (χ2v) is 5.07. The van der Waals surface area contributed by atoms with Gasteiger partial charge in [-0.15, -0.1) is 0 Å². The van der Waals surface area contributed by atoms with Crippen LogP contribution in [0.2, 0.25) is 0 Å². The van der Waals surface area contributed by atoms with Gasteiger partial charge in [0.05, 0.1) is 12.8 Å². The Morgan fingerprint density at radius 3 is 2.94 bits per heavy atom. The molecule has 1 saturated carbocycles. The van der Waals surface area contributed by atoms with Crippen LogP contribution in [0, 0.1) is 0 Å². The molecule has 0 radical (unpaired) electrons. The summed E-state index contributed by atoms with van der Waals surface area (Å²) in [6.07, 6.45) is 5.26. The smallest absolute Gasteiger partial charge is 0.144 e. The largest absolute Gasteiger partial charge is 0.495 e. The van der Waals surface area contributed by atoms with Crippen LogP contribution >= 0.6 is 0 Å². The first-order valence-corrected chi connectivity index (χ1v) is 6.47. The summed E-state index contributed by atoms with van der Waals surface area (Å²) in [5, 5.41) is 3.68. The number of para-hydroxylation sites is 1. The number of methoxy groups -OCH3 is 1. The molecule has 3 rings (SSSR count). The Morgan fingerprint density at radius 2 is 2.12 bits per heavy atom. The van der Waals surface area contributed by atoms with E-state index in [1.807, 2.05) is 6.07 Å². The van der Waals surface area contributed by atoms with Crippen LogP contribution in [-0.2, 0) is 0 Å². The fourth-order valence-corrected chi connectivity index (χ4v) is 3.28. The standard InChI is InChI=1S/C14H20N2O/c1-16-12-8-4-3-6-10(12)15-11-7-5-9-13(17-2)14(11)16/h5,7,9-10,12,15H,3-4,6,8H2,1-2H3. The summed E-state index contributed by atoms with van der Waals surface area (Å²) < 4.78 is 5.48. The zero-order chi connectivity index (χ0) is 11.8. The zero-order valence-electron chi connectivity index (χ0n) is 10.6. The van der Waals surface area contributed by atoms with Crippen molar-refractivity contribution in [2.24, 2.45) is 0 Å². The predicted molar refractivity (Wildman–Crippen MR) is 71.1 cm³/mol. The molecule has 0 saturated heterocycles. The quantitative estimate of drug-likeness (QED) is 0.805. The highest BCUT2D eigenvalue weighted by atomic mass is 16.5. The zero-order valence-corrected chi connectivity index (χ0v) is 10.6. The van der Waals surface area contributed by atoms with Gasteiger partial charge in [0.2, 0.25) is 0 Å². The maximum Gasteiger partial charge on any atom is 0.144 e. The Kier molecular flexibility index (Phi) is 2.61. The highest BCUT2D eigenvalue weighted by Gasteiger charge is 2.35. The third kappa shape index (κ3) is 1.65. The van der Waals surface area contributed by atoms with E-state index >= 15 is 0 Å². The number of nitrogens with zero attached hydrogens (tertiary/aromatic N) is 1. The van der Waals surface area contributed by atoms with Gasteiger partial charge in [0.25, 0.3) is 0 Å². The van der Waals surface area contributed by atoms with E-state index in [1.54, 1.807) is 7.11 Å². The van der Waals surface area contributed by atoms with Crippen molar-refractivity contribution in [3.63, 3.8) is 0 Å². The van der Waals surface area contributed by atoms with Gasteiger partial charge >= 0.3 is 0 Å². The van der Waals surface area contributed by atoms with E-state index in [4.69, 9.17) is 4.74 Å². The van der Waals surface area contributed by atoms with Crippen LogP contribution in [0.1, 0.15) is 25.7 Å². The van der Waals surface area contributed by atoms with E-state index in [0.717, 1.165) is 5.75 Å². The van der Waals surface area contributed by atoms with Gasteiger partial charge in [0.15, 0.2) is 0 Å². The molecule has 1 fully saturated rings. The van der Waals surface area contributed by atoms with Crippen molar-refractivity contribution in [1.29, 1.82) is 0 Å². The number of nitrogens with one attached hydrogen (secondary N) is 1. The molecule has 2 aliphatic rings. The molecule has 0 bridgehead atoms. The molecule has 1 aliphatic heterocycles. The minimum absolute atomic E-state index is 0.605. The number of likely N-dealkylation sites (N-methyl/N-ethyl adjacent to an activating group) is 1. The molecule has 1 aromatic rings. The topological polar surface area (TPSA) is 24.5 Å². The van der Waals surface area contributed by atoms with Crippen LogP contribution in [0.4, 0.5) is 11.4 Å². The van der Waals surface area contributed by atoms with E-state index in [-0.39, 0.29) is 0 Å². The number of hydrogen-bond donors (Lipinski definition) is 1. The Hall–Kier alpha value is -1.38. The van der Waals surface area contributed by atoms with Crippen LogP contribution in [0.3, 0.4) is 0 Å². The predicted octanol–water partition coefficient (Wildman–Crippen LogP) is 2.87. The number of anilines is 2. The van der Waals surface area contributed by atoms with Crippen molar-refractivity contribution in [3.8, 4) is 5.75 Å². The number of ether oxygens (including phenoxy) is 1. The van der Waals surface area contributed by atoms with Gasteiger partial charge in [0, 0.05) is 19.1 Å². The fraction of sp³-hybridized carbons (Fsp3) is 0.571. The Balaban J connectivity index is 2.03. The Morgan fingerprint density at radius 1 is 1.29 bits per heavy atom. The number of rotatable bonds is 1. The molecule has 1 aliphatic carbocycles. The molecule has 0 spiro atoms. The van der Waals surface area contributed by atoms with Gasteiger partial charge in [-0.2, -0.15) is 0 Å². The summed E-state index contributed by atoms with van der Waals surface area (Å²) in [5.74, 6) is 0.974. The molecule has 17 heavy (non-hydrogen) atoms. The fourth-order valence-electron chi connectivity index (χ4n) is 3.28. The molecule has 2 atom stereocenters. The molecule has 3 heteroatoms. The normalized spacial score (nSPS) is 26.8. The van der Waals surface area contributed by atoms with Gasteiger partial charge in [0.1, 0.15) is 11.4 Å². The lowest BCUT2D eigenvalue weighted by Crippen LogP contribution is -2.50. The summed E-state index contributed by atoms with van der Waals surface area (Å²) in [4.78, 5) is 2.41. The van der Waals surface area contributed by atoms with Crippen LogP contribution in [0.25, 0.3) is 0 Å². The molecule has 3 nitrogen and oxygen atoms in total. The SMILES string of the molecule is COc1cccc2c1N(C)C1CCCCC1N2.